The van der Waals surface area contributed by atoms with Crippen LogP contribution in [0.1, 0.15) is 38.3 Å². The molecule has 6 heteroatoms. The number of nitro groups is 1. The van der Waals surface area contributed by atoms with Crippen molar-refractivity contribution < 1.29 is 4.92 Å². The van der Waals surface area contributed by atoms with Gasteiger partial charge in [-0.3, -0.25) is 0 Å². The fraction of sp³-hybridized carbons (Fsp3) is 0.778. The highest BCUT2D eigenvalue weighted by Gasteiger charge is 2.18. The standard InChI is InChI=1S/C9H16N4O2/c1-3-4-5-6-7-12-8(2)9(10-11-12)13(14)15/h3-7H2,1-2H3. The molecule has 0 aliphatic carbocycles. The molecular formula is C9H16N4O2. The van der Waals surface area contributed by atoms with Crippen LogP contribution in [0.15, 0.2) is 0 Å². The highest BCUT2D eigenvalue weighted by Crippen LogP contribution is 2.13. The van der Waals surface area contributed by atoms with Crippen molar-refractivity contribution in [1.29, 1.82) is 0 Å². The lowest BCUT2D eigenvalue weighted by atomic mass is 10.2. The maximum absolute atomic E-state index is 10.5. The van der Waals surface area contributed by atoms with Crippen molar-refractivity contribution in [2.45, 2.75) is 46.1 Å². The van der Waals surface area contributed by atoms with Crippen LogP contribution >= 0.6 is 0 Å². The fourth-order valence-corrected chi connectivity index (χ4v) is 1.42. The summed E-state index contributed by atoms with van der Waals surface area (Å²) in [6.45, 7) is 4.54. The minimum Gasteiger partial charge on any atom is -0.358 e. The molecule has 1 aromatic rings. The van der Waals surface area contributed by atoms with Gasteiger partial charge in [-0.15, -0.1) is 0 Å². The Kier molecular flexibility index (Phi) is 4.20. The molecule has 84 valence electrons. The van der Waals surface area contributed by atoms with Gasteiger partial charge in [0.25, 0.3) is 0 Å². The molecule has 0 fully saturated rings. The topological polar surface area (TPSA) is 73.8 Å². The van der Waals surface area contributed by atoms with E-state index in [1.165, 1.54) is 12.8 Å². The van der Waals surface area contributed by atoms with Crippen LogP contribution in [0.3, 0.4) is 0 Å². The lowest BCUT2D eigenvalue weighted by molar-refractivity contribution is -0.390. The third-order valence-electron chi connectivity index (χ3n) is 2.35. The minimum atomic E-state index is -0.495. The molecule has 0 atom stereocenters. The van der Waals surface area contributed by atoms with Crippen LogP contribution in [-0.4, -0.2) is 19.9 Å². The van der Waals surface area contributed by atoms with E-state index in [4.69, 9.17) is 0 Å². The van der Waals surface area contributed by atoms with Gasteiger partial charge in [0.2, 0.25) is 0 Å². The summed E-state index contributed by atoms with van der Waals surface area (Å²) >= 11 is 0. The molecule has 15 heavy (non-hydrogen) atoms. The Bertz CT molecular complexity index is 335. The van der Waals surface area contributed by atoms with Crippen molar-refractivity contribution in [3.63, 3.8) is 0 Å². The minimum absolute atomic E-state index is 0.134. The molecule has 0 saturated heterocycles. The van der Waals surface area contributed by atoms with E-state index in [0.717, 1.165) is 12.8 Å². The normalized spacial score (nSPS) is 10.5. The summed E-state index contributed by atoms with van der Waals surface area (Å²) in [6, 6.07) is 0. The van der Waals surface area contributed by atoms with Crippen LogP contribution < -0.4 is 0 Å². The molecule has 0 aliphatic rings. The van der Waals surface area contributed by atoms with Gasteiger partial charge >= 0.3 is 5.82 Å². The van der Waals surface area contributed by atoms with Crippen molar-refractivity contribution in [3.05, 3.63) is 15.8 Å². The second-order valence-electron chi connectivity index (χ2n) is 3.54. The molecule has 0 spiro atoms. The smallest absolute Gasteiger partial charge is 0.358 e. The fourth-order valence-electron chi connectivity index (χ4n) is 1.42. The molecule has 0 N–H and O–H groups in total. The molecule has 0 amide bonds. The Morgan fingerprint density at radius 1 is 1.40 bits per heavy atom. The second-order valence-corrected chi connectivity index (χ2v) is 3.54. The number of aryl methyl sites for hydroxylation is 1. The Hall–Kier alpha value is -1.46. The molecule has 6 nitrogen and oxygen atoms in total. The zero-order valence-electron chi connectivity index (χ0n) is 9.14. The van der Waals surface area contributed by atoms with Gasteiger partial charge in [-0.05, 0) is 18.3 Å². The summed E-state index contributed by atoms with van der Waals surface area (Å²) < 4.78 is 1.60. The van der Waals surface area contributed by atoms with Gasteiger partial charge in [0.15, 0.2) is 0 Å². The molecule has 0 bridgehead atoms. The molecule has 0 aromatic carbocycles. The van der Waals surface area contributed by atoms with Gasteiger partial charge in [0.1, 0.15) is 10.8 Å². The maximum Gasteiger partial charge on any atom is 0.413 e. The Labute approximate surface area is 88.4 Å². The predicted molar refractivity (Wildman–Crippen MR) is 55.6 cm³/mol. The summed E-state index contributed by atoms with van der Waals surface area (Å²) in [4.78, 5) is 10.0. The summed E-state index contributed by atoms with van der Waals surface area (Å²) in [5.41, 5.74) is 0.538. The van der Waals surface area contributed by atoms with Crippen molar-refractivity contribution >= 4 is 5.82 Å². The number of aromatic nitrogens is 3. The Morgan fingerprint density at radius 2 is 2.13 bits per heavy atom. The SMILES string of the molecule is CCCCCCn1nnc([N+](=O)[O-])c1C. The van der Waals surface area contributed by atoms with Gasteiger partial charge in [0.05, 0.1) is 5.21 Å². The van der Waals surface area contributed by atoms with Crippen molar-refractivity contribution in [2.24, 2.45) is 0 Å². The first-order chi connectivity index (χ1) is 7.16. The third kappa shape index (κ3) is 3.00. The molecule has 1 rings (SSSR count). The molecule has 0 saturated carbocycles. The average Bonchev–Trinajstić information content (AvgIpc) is 2.55. The third-order valence-corrected chi connectivity index (χ3v) is 2.35. The van der Waals surface area contributed by atoms with Crippen LogP contribution in [0.4, 0.5) is 5.82 Å². The molecule has 0 aliphatic heterocycles. The van der Waals surface area contributed by atoms with E-state index in [0.29, 0.717) is 12.2 Å². The van der Waals surface area contributed by atoms with Crippen molar-refractivity contribution in [2.75, 3.05) is 0 Å². The molecule has 0 radical (unpaired) electrons. The van der Waals surface area contributed by atoms with Crippen LogP contribution in [-0.2, 0) is 6.54 Å². The first kappa shape index (κ1) is 11.6. The van der Waals surface area contributed by atoms with Crippen molar-refractivity contribution in [1.82, 2.24) is 15.0 Å². The van der Waals surface area contributed by atoms with Crippen LogP contribution in [0.5, 0.6) is 0 Å². The Balaban J connectivity index is 2.51. The molecular weight excluding hydrogens is 196 g/mol. The molecule has 0 unspecified atom stereocenters. The first-order valence-corrected chi connectivity index (χ1v) is 5.21. The summed E-state index contributed by atoms with van der Waals surface area (Å²) in [7, 11) is 0. The van der Waals surface area contributed by atoms with E-state index in [1.807, 2.05) is 0 Å². The monoisotopic (exact) mass is 212 g/mol. The van der Waals surface area contributed by atoms with E-state index in [1.54, 1.807) is 11.6 Å². The van der Waals surface area contributed by atoms with Crippen LogP contribution in [0, 0.1) is 17.0 Å². The molecule has 1 heterocycles. The van der Waals surface area contributed by atoms with Crippen LogP contribution in [0.25, 0.3) is 0 Å². The lowest BCUT2D eigenvalue weighted by Gasteiger charge is -2.00. The van der Waals surface area contributed by atoms with E-state index >= 15 is 0 Å². The lowest BCUT2D eigenvalue weighted by Crippen LogP contribution is -2.03. The van der Waals surface area contributed by atoms with Gasteiger partial charge in [0, 0.05) is 6.54 Å². The van der Waals surface area contributed by atoms with Gasteiger partial charge < -0.3 is 10.1 Å². The number of hydrogen-bond donors (Lipinski definition) is 0. The summed E-state index contributed by atoms with van der Waals surface area (Å²) in [6.07, 6.45) is 4.49. The summed E-state index contributed by atoms with van der Waals surface area (Å²) in [5.74, 6) is -0.134. The number of hydrogen-bond acceptors (Lipinski definition) is 4. The zero-order chi connectivity index (χ0) is 11.3. The predicted octanol–water partition coefficient (Wildman–Crippen LogP) is 2.08. The van der Waals surface area contributed by atoms with E-state index in [2.05, 4.69) is 17.2 Å². The van der Waals surface area contributed by atoms with Crippen LogP contribution in [0.2, 0.25) is 0 Å². The largest absolute Gasteiger partial charge is 0.413 e. The highest BCUT2D eigenvalue weighted by molar-refractivity contribution is 5.22. The quantitative estimate of drug-likeness (QED) is 0.411. The van der Waals surface area contributed by atoms with E-state index in [-0.39, 0.29) is 5.82 Å². The van der Waals surface area contributed by atoms with Crippen molar-refractivity contribution in [3.8, 4) is 0 Å². The van der Waals surface area contributed by atoms with Gasteiger partial charge in [-0.25, -0.2) is 4.68 Å². The maximum atomic E-state index is 10.5. The average molecular weight is 212 g/mol. The first-order valence-electron chi connectivity index (χ1n) is 5.21. The van der Waals surface area contributed by atoms with E-state index in [9.17, 15) is 10.1 Å². The number of rotatable bonds is 6. The highest BCUT2D eigenvalue weighted by atomic mass is 16.6. The molecule has 1 aromatic heterocycles. The number of nitrogens with zero attached hydrogens (tertiary/aromatic N) is 4. The van der Waals surface area contributed by atoms with Gasteiger partial charge in [-0.1, -0.05) is 26.2 Å². The summed E-state index contributed by atoms with van der Waals surface area (Å²) in [5, 5.41) is 17.8. The second kappa shape index (κ2) is 5.43. The Morgan fingerprint density at radius 3 is 2.67 bits per heavy atom. The van der Waals surface area contributed by atoms with E-state index < -0.39 is 4.92 Å². The van der Waals surface area contributed by atoms with Gasteiger partial charge in [-0.2, -0.15) is 0 Å². The number of unbranched alkanes of at least 4 members (excludes halogenated alkanes) is 3. The zero-order valence-corrected chi connectivity index (χ0v) is 9.14.